The van der Waals surface area contributed by atoms with E-state index in [4.69, 9.17) is 4.74 Å². The summed E-state index contributed by atoms with van der Waals surface area (Å²) < 4.78 is 5.88. The fourth-order valence-corrected chi connectivity index (χ4v) is 5.98. The second kappa shape index (κ2) is 16.6. The zero-order valence-corrected chi connectivity index (χ0v) is 27.5. The molecule has 0 aliphatic rings. The van der Waals surface area contributed by atoms with Crippen molar-refractivity contribution >= 4 is 46.9 Å². The lowest BCUT2D eigenvalue weighted by Gasteiger charge is -2.18. The van der Waals surface area contributed by atoms with Gasteiger partial charge in [-0.05, 0) is 90.0 Å². The smallest absolute Gasteiger partial charge is 0.272 e. The number of para-hydroxylation sites is 1. The van der Waals surface area contributed by atoms with Gasteiger partial charge in [0.05, 0.1) is 0 Å². The number of pyridine rings is 1. The number of amides is 3. The molecule has 1 aromatic heterocycles. The van der Waals surface area contributed by atoms with Crippen LogP contribution < -0.4 is 20.7 Å². The molecule has 9 heteroatoms. The normalized spacial score (nSPS) is 11.6. The van der Waals surface area contributed by atoms with E-state index in [1.165, 1.54) is 11.8 Å². The topological polar surface area (TPSA) is 109 Å². The van der Waals surface area contributed by atoms with Gasteiger partial charge in [0.25, 0.3) is 11.8 Å². The molecule has 3 amide bonds. The van der Waals surface area contributed by atoms with Crippen LogP contribution in [0.1, 0.15) is 26.7 Å². The first-order valence-corrected chi connectivity index (χ1v) is 16.6. The van der Waals surface area contributed by atoms with Gasteiger partial charge in [0.2, 0.25) is 5.91 Å². The van der Waals surface area contributed by atoms with E-state index in [-0.39, 0.29) is 11.6 Å². The highest BCUT2D eigenvalue weighted by Crippen LogP contribution is 2.37. The Balaban J connectivity index is 1.18. The van der Waals surface area contributed by atoms with E-state index in [1.54, 1.807) is 97.3 Å². The first-order chi connectivity index (χ1) is 24.5. The minimum atomic E-state index is -0.603. The predicted octanol–water partition coefficient (Wildman–Crippen LogP) is 8.76. The van der Waals surface area contributed by atoms with Crippen LogP contribution >= 0.6 is 11.8 Å². The fraction of sp³-hybridized carbons (Fsp3) is 0.0244. The van der Waals surface area contributed by atoms with Crippen molar-refractivity contribution in [2.75, 3.05) is 10.6 Å². The van der Waals surface area contributed by atoms with Crippen molar-refractivity contribution in [1.82, 2.24) is 10.3 Å². The van der Waals surface area contributed by atoms with Crippen LogP contribution in [-0.2, 0) is 9.59 Å². The molecule has 0 aliphatic heterocycles. The lowest BCUT2D eigenvalue weighted by molar-refractivity contribution is -0.116. The Labute approximate surface area is 294 Å². The average Bonchev–Trinajstić information content (AvgIpc) is 3.16. The lowest BCUT2D eigenvalue weighted by Crippen LogP contribution is -2.30. The van der Waals surface area contributed by atoms with E-state index < -0.39 is 17.1 Å². The maximum absolute atomic E-state index is 13.8. The lowest BCUT2D eigenvalue weighted by atomic mass is 10.1. The number of anilines is 2. The molecule has 246 valence electrons. The molecule has 0 saturated carbocycles. The molecule has 0 fully saturated rings. The summed E-state index contributed by atoms with van der Waals surface area (Å²) in [4.78, 5) is 45.2. The molecule has 1 atom stereocenters. The molecule has 3 N–H and O–H groups in total. The van der Waals surface area contributed by atoms with Gasteiger partial charge in [-0.1, -0.05) is 78.9 Å². The van der Waals surface area contributed by atoms with Crippen LogP contribution in [0.3, 0.4) is 0 Å². The Bertz CT molecular complexity index is 2080. The zero-order valence-electron chi connectivity index (χ0n) is 26.7. The van der Waals surface area contributed by atoms with Gasteiger partial charge in [0.1, 0.15) is 22.4 Å². The maximum atomic E-state index is 13.8. The number of benzene rings is 5. The fourth-order valence-electron chi connectivity index (χ4n) is 4.89. The summed E-state index contributed by atoms with van der Waals surface area (Å²) >= 11 is 1.35. The average molecular weight is 677 g/mol. The summed E-state index contributed by atoms with van der Waals surface area (Å²) in [6, 6.07) is 45.6. The highest BCUT2D eigenvalue weighted by atomic mass is 32.2. The molecular weight excluding hydrogens is 645 g/mol. The number of aromatic nitrogens is 1. The Morgan fingerprint density at radius 1 is 0.660 bits per heavy atom. The molecule has 0 spiro atoms. The Morgan fingerprint density at radius 2 is 1.34 bits per heavy atom. The Morgan fingerprint density at radius 3 is 2.04 bits per heavy atom. The third-order valence-corrected chi connectivity index (χ3v) is 8.56. The van der Waals surface area contributed by atoms with Gasteiger partial charge in [0, 0.05) is 34.2 Å². The Hall–Kier alpha value is -6.45. The van der Waals surface area contributed by atoms with E-state index in [0.29, 0.717) is 28.3 Å². The number of thioether (sulfide) groups is 1. The minimum Gasteiger partial charge on any atom is -0.457 e. The molecule has 50 heavy (non-hydrogen) atoms. The SMILES string of the molecule is O=C(Nc1cccc(SC(C(=O)Nc2ccc(Oc3ccccc3)cc2)c2ccccc2)c1)/C(=C/c1cccnc1)NC(=O)c1ccccc1. The molecule has 6 aromatic rings. The summed E-state index contributed by atoms with van der Waals surface area (Å²) in [7, 11) is 0. The summed E-state index contributed by atoms with van der Waals surface area (Å²) in [6.07, 6.45) is 4.79. The standard InChI is InChI=1S/C41H32N4O4S/c46-39(31-15-6-2-7-16-31)45-37(26-29-12-11-25-42-28-29)40(47)44-33-17-10-20-36(27-33)50-38(30-13-4-1-5-14-30)41(48)43-32-21-23-35(24-22-32)49-34-18-8-3-9-19-34/h1-28,38H,(H,43,48)(H,44,47)(H,45,46)/b37-26-. The first kappa shape index (κ1) is 33.5. The van der Waals surface area contributed by atoms with E-state index >= 15 is 0 Å². The van der Waals surface area contributed by atoms with Crippen molar-refractivity contribution in [2.24, 2.45) is 0 Å². The summed E-state index contributed by atoms with van der Waals surface area (Å²) in [5.74, 6) is 0.228. The summed E-state index contributed by atoms with van der Waals surface area (Å²) in [6.45, 7) is 0. The van der Waals surface area contributed by atoms with Crippen LogP contribution in [-0.4, -0.2) is 22.7 Å². The van der Waals surface area contributed by atoms with Crippen molar-refractivity contribution < 1.29 is 19.1 Å². The maximum Gasteiger partial charge on any atom is 0.272 e. The van der Waals surface area contributed by atoms with Crippen LogP contribution in [0.2, 0.25) is 0 Å². The molecule has 1 heterocycles. The molecule has 0 bridgehead atoms. The highest BCUT2D eigenvalue weighted by Gasteiger charge is 2.23. The number of ether oxygens (including phenoxy) is 1. The minimum absolute atomic E-state index is 0.0478. The van der Waals surface area contributed by atoms with E-state index in [1.807, 2.05) is 72.8 Å². The molecule has 1 unspecified atom stereocenters. The van der Waals surface area contributed by atoms with Gasteiger partial charge in [-0.25, -0.2) is 0 Å². The molecule has 0 radical (unpaired) electrons. The molecule has 0 aliphatic carbocycles. The highest BCUT2D eigenvalue weighted by molar-refractivity contribution is 8.00. The number of nitrogens with zero attached hydrogens (tertiary/aromatic N) is 1. The van der Waals surface area contributed by atoms with Crippen molar-refractivity contribution in [3.05, 3.63) is 186 Å². The second-order valence-corrected chi connectivity index (χ2v) is 12.2. The van der Waals surface area contributed by atoms with Crippen LogP contribution in [0.15, 0.2) is 175 Å². The van der Waals surface area contributed by atoms with E-state index in [0.717, 1.165) is 16.2 Å². The number of hydrogen-bond donors (Lipinski definition) is 3. The third-order valence-electron chi connectivity index (χ3n) is 7.31. The van der Waals surface area contributed by atoms with Gasteiger partial charge < -0.3 is 20.7 Å². The van der Waals surface area contributed by atoms with Gasteiger partial charge in [-0.15, -0.1) is 11.8 Å². The van der Waals surface area contributed by atoms with Crippen LogP contribution in [0.4, 0.5) is 11.4 Å². The number of carbonyl (C=O) groups excluding carboxylic acids is 3. The molecule has 5 aromatic carbocycles. The largest absolute Gasteiger partial charge is 0.457 e. The van der Waals surface area contributed by atoms with Gasteiger partial charge in [0.15, 0.2) is 0 Å². The van der Waals surface area contributed by atoms with Gasteiger partial charge in [-0.2, -0.15) is 0 Å². The van der Waals surface area contributed by atoms with Crippen molar-refractivity contribution in [1.29, 1.82) is 0 Å². The van der Waals surface area contributed by atoms with Crippen LogP contribution in [0.5, 0.6) is 11.5 Å². The predicted molar refractivity (Wildman–Crippen MR) is 198 cm³/mol. The van der Waals surface area contributed by atoms with E-state index in [9.17, 15) is 14.4 Å². The van der Waals surface area contributed by atoms with Gasteiger partial charge in [-0.3, -0.25) is 19.4 Å². The zero-order chi connectivity index (χ0) is 34.5. The number of nitrogens with one attached hydrogen (secondary N) is 3. The van der Waals surface area contributed by atoms with Crippen LogP contribution in [0, 0.1) is 0 Å². The van der Waals surface area contributed by atoms with E-state index in [2.05, 4.69) is 20.9 Å². The van der Waals surface area contributed by atoms with Crippen molar-refractivity contribution in [3.8, 4) is 11.5 Å². The number of rotatable bonds is 12. The monoisotopic (exact) mass is 676 g/mol. The van der Waals surface area contributed by atoms with Crippen molar-refractivity contribution in [2.45, 2.75) is 10.1 Å². The van der Waals surface area contributed by atoms with Crippen molar-refractivity contribution in [3.63, 3.8) is 0 Å². The molecular formula is C41H32N4O4S. The molecule has 0 saturated heterocycles. The molecule has 6 rings (SSSR count). The second-order valence-electron chi connectivity index (χ2n) is 11.0. The van der Waals surface area contributed by atoms with Gasteiger partial charge >= 0.3 is 0 Å². The molecule has 8 nitrogen and oxygen atoms in total. The van der Waals surface area contributed by atoms with Crippen LogP contribution in [0.25, 0.3) is 6.08 Å². The summed E-state index contributed by atoms with van der Waals surface area (Å²) in [5, 5.41) is 8.06. The third kappa shape index (κ3) is 9.33. The number of carbonyl (C=O) groups is 3. The number of hydrogen-bond acceptors (Lipinski definition) is 6. The quantitative estimate of drug-likeness (QED) is 0.0884. The summed E-state index contributed by atoms with van der Waals surface area (Å²) in [5.41, 5.74) is 3.05. The first-order valence-electron chi connectivity index (χ1n) is 15.8. The Kier molecular flexibility index (Phi) is 11.1.